The largest absolute Gasteiger partial charge is 0.320 e. The summed E-state index contributed by atoms with van der Waals surface area (Å²) in [6.07, 6.45) is 6.07. The molecule has 1 saturated heterocycles. The molecule has 1 fully saturated rings. The van der Waals surface area contributed by atoms with E-state index in [0.717, 1.165) is 32.4 Å². The number of aryl methyl sites for hydroxylation is 1. The van der Waals surface area contributed by atoms with Crippen molar-refractivity contribution in [3.8, 4) is 0 Å². The van der Waals surface area contributed by atoms with E-state index in [-0.39, 0.29) is 6.04 Å². The topological polar surface area (TPSA) is 67.2 Å². The fourth-order valence-electron chi connectivity index (χ4n) is 2.79. The Morgan fingerprint density at radius 2 is 2.19 bits per heavy atom. The minimum atomic E-state index is -3.42. The highest BCUT2D eigenvalue weighted by Crippen LogP contribution is 2.28. The zero-order chi connectivity index (χ0) is 15.5. The Morgan fingerprint density at radius 3 is 2.90 bits per heavy atom. The van der Waals surface area contributed by atoms with Crippen molar-refractivity contribution in [2.75, 3.05) is 20.1 Å². The van der Waals surface area contributed by atoms with Gasteiger partial charge in [0.15, 0.2) is 0 Å². The van der Waals surface area contributed by atoms with E-state index in [9.17, 15) is 8.42 Å². The Morgan fingerprint density at radius 1 is 1.43 bits per heavy atom. The van der Waals surface area contributed by atoms with E-state index in [1.165, 1.54) is 6.20 Å². The van der Waals surface area contributed by atoms with E-state index >= 15 is 0 Å². The van der Waals surface area contributed by atoms with Crippen LogP contribution in [0.1, 0.15) is 33.1 Å². The second-order valence-electron chi connectivity index (χ2n) is 5.87. The van der Waals surface area contributed by atoms with Crippen LogP contribution in [0.2, 0.25) is 0 Å². The molecule has 2 heterocycles. The Balaban J connectivity index is 2.12. The summed E-state index contributed by atoms with van der Waals surface area (Å²) in [4.78, 5) is 0.313. The molecule has 0 aromatic carbocycles. The third-order valence-electron chi connectivity index (χ3n) is 4.35. The van der Waals surface area contributed by atoms with E-state index in [1.54, 1.807) is 15.2 Å². The molecule has 6 nitrogen and oxygen atoms in total. The number of nitrogens with one attached hydrogen (secondary N) is 1. The van der Waals surface area contributed by atoms with Gasteiger partial charge in [0.1, 0.15) is 4.90 Å². The van der Waals surface area contributed by atoms with Crippen molar-refractivity contribution in [3.05, 3.63) is 12.4 Å². The lowest BCUT2D eigenvalue weighted by Crippen LogP contribution is -2.45. The molecule has 1 aromatic heterocycles. The molecular weight excluding hydrogens is 288 g/mol. The van der Waals surface area contributed by atoms with Gasteiger partial charge in [-0.3, -0.25) is 4.68 Å². The Kier molecular flexibility index (Phi) is 5.40. The molecule has 0 spiro atoms. The standard InChI is InChI=1S/C14H26N4O2S/c1-12-6-4-9-18(13(12)2)21(19,20)14-10-16-17(11-14)8-5-7-15-3/h10-13,15H,4-9H2,1-3H3. The molecule has 7 heteroatoms. The van der Waals surface area contributed by atoms with E-state index in [1.807, 2.05) is 14.0 Å². The average Bonchev–Trinajstić information content (AvgIpc) is 2.91. The van der Waals surface area contributed by atoms with Crippen molar-refractivity contribution in [2.45, 2.75) is 50.6 Å². The number of hydrogen-bond donors (Lipinski definition) is 1. The first-order valence-electron chi connectivity index (χ1n) is 7.65. The summed E-state index contributed by atoms with van der Waals surface area (Å²) in [5, 5.41) is 7.25. The lowest BCUT2D eigenvalue weighted by Gasteiger charge is -2.36. The normalized spacial score (nSPS) is 24.3. The van der Waals surface area contributed by atoms with Crippen LogP contribution in [0.3, 0.4) is 0 Å². The number of sulfonamides is 1. The fraction of sp³-hybridized carbons (Fsp3) is 0.786. The lowest BCUT2D eigenvalue weighted by atomic mass is 9.94. The zero-order valence-electron chi connectivity index (χ0n) is 13.1. The molecule has 0 bridgehead atoms. The van der Waals surface area contributed by atoms with Gasteiger partial charge in [-0.05, 0) is 45.7 Å². The summed E-state index contributed by atoms with van der Waals surface area (Å²) < 4.78 is 28.8. The van der Waals surface area contributed by atoms with Gasteiger partial charge in [-0.25, -0.2) is 8.42 Å². The summed E-state index contributed by atoms with van der Waals surface area (Å²) >= 11 is 0. The van der Waals surface area contributed by atoms with E-state index in [2.05, 4.69) is 17.3 Å². The predicted octanol–water partition coefficient (Wildman–Crippen LogP) is 1.30. The fourth-order valence-corrected chi connectivity index (χ4v) is 4.51. The monoisotopic (exact) mass is 314 g/mol. The third-order valence-corrected chi connectivity index (χ3v) is 6.28. The molecule has 2 atom stereocenters. The summed E-state index contributed by atoms with van der Waals surface area (Å²) in [7, 11) is -1.52. The maximum Gasteiger partial charge on any atom is 0.246 e. The second-order valence-corrected chi connectivity index (χ2v) is 7.76. The minimum absolute atomic E-state index is 0.0522. The van der Waals surface area contributed by atoms with Gasteiger partial charge in [-0.15, -0.1) is 0 Å². The molecule has 0 amide bonds. The smallest absolute Gasteiger partial charge is 0.246 e. The van der Waals surface area contributed by atoms with Gasteiger partial charge in [0.25, 0.3) is 0 Å². The molecule has 1 N–H and O–H groups in total. The first kappa shape index (κ1) is 16.5. The first-order valence-corrected chi connectivity index (χ1v) is 9.09. The number of nitrogens with zero attached hydrogens (tertiary/aromatic N) is 3. The SMILES string of the molecule is CNCCCn1cc(S(=O)(=O)N2CCCC(C)C2C)cn1. The van der Waals surface area contributed by atoms with Crippen LogP contribution in [-0.4, -0.2) is 48.7 Å². The molecule has 2 rings (SSSR count). The molecule has 1 aromatic rings. The summed E-state index contributed by atoms with van der Waals surface area (Å²) in [5.41, 5.74) is 0. The quantitative estimate of drug-likeness (QED) is 0.804. The van der Waals surface area contributed by atoms with Crippen LogP contribution in [0.15, 0.2) is 17.3 Å². The van der Waals surface area contributed by atoms with Crippen molar-refractivity contribution in [1.82, 2.24) is 19.4 Å². The first-order chi connectivity index (χ1) is 9.96. The lowest BCUT2D eigenvalue weighted by molar-refractivity contribution is 0.202. The number of rotatable bonds is 6. The van der Waals surface area contributed by atoms with Crippen LogP contribution in [0.4, 0.5) is 0 Å². The predicted molar refractivity (Wildman–Crippen MR) is 82.5 cm³/mol. The molecule has 0 radical (unpaired) electrons. The third kappa shape index (κ3) is 3.64. The van der Waals surface area contributed by atoms with Gasteiger partial charge in [-0.1, -0.05) is 6.92 Å². The van der Waals surface area contributed by atoms with Crippen LogP contribution in [0, 0.1) is 5.92 Å². The molecule has 0 aliphatic carbocycles. The van der Waals surface area contributed by atoms with Crippen molar-refractivity contribution in [2.24, 2.45) is 5.92 Å². The van der Waals surface area contributed by atoms with Gasteiger partial charge in [0, 0.05) is 25.3 Å². The van der Waals surface area contributed by atoms with Crippen LogP contribution < -0.4 is 5.32 Å². The minimum Gasteiger partial charge on any atom is -0.320 e. The average molecular weight is 314 g/mol. The molecule has 2 unspecified atom stereocenters. The molecule has 0 saturated carbocycles. The highest BCUT2D eigenvalue weighted by molar-refractivity contribution is 7.89. The second kappa shape index (κ2) is 6.89. The highest BCUT2D eigenvalue weighted by Gasteiger charge is 2.35. The van der Waals surface area contributed by atoms with Crippen LogP contribution in [0.25, 0.3) is 0 Å². The van der Waals surface area contributed by atoms with Gasteiger partial charge >= 0.3 is 0 Å². The van der Waals surface area contributed by atoms with Crippen LogP contribution in [-0.2, 0) is 16.6 Å². The molecule has 1 aliphatic rings. The van der Waals surface area contributed by atoms with Crippen molar-refractivity contribution in [3.63, 3.8) is 0 Å². The zero-order valence-corrected chi connectivity index (χ0v) is 13.9. The Hall–Kier alpha value is -0.920. The van der Waals surface area contributed by atoms with Crippen LogP contribution >= 0.6 is 0 Å². The van der Waals surface area contributed by atoms with E-state index in [4.69, 9.17) is 0 Å². The van der Waals surface area contributed by atoms with Crippen molar-refractivity contribution >= 4 is 10.0 Å². The highest BCUT2D eigenvalue weighted by atomic mass is 32.2. The molecule has 120 valence electrons. The van der Waals surface area contributed by atoms with Crippen LogP contribution in [0.5, 0.6) is 0 Å². The van der Waals surface area contributed by atoms with E-state index in [0.29, 0.717) is 17.4 Å². The molecule has 1 aliphatic heterocycles. The van der Waals surface area contributed by atoms with E-state index < -0.39 is 10.0 Å². The van der Waals surface area contributed by atoms with Gasteiger partial charge in [-0.2, -0.15) is 9.40 Å². The molecular formula is C14H26N4O2S. The molecule has 21 heavy (non-hydrogen) atoms. The number of aromatic nitrogens is 2. The number of piperidine rings is 1. The van der Waals surface area contributed by atoms with Crippen molar-refractivity contribution in [1.29, 1.82) is 0 Å². The Labute approximate surface area is 127 Å². The van der Waals surface area contributed by atoms with Gasteiger partial charge < -0.3 is 5.32 Å². The summed E-state index contributed by atoms with van der Waals surface area (Å²) in [6, 6.07) is 0.0522. The summed E-state index contributed by atoms with van der Waals surface area (Å²) in [5.74, 6) is 0.402. The Bertz CT molecular complexity index is 555. The maximum absolute atomic E-state index is 12.7. The van der Waals surface area contributed by atoms with Gasteiger partial charge in [0.2, 0.25) is 10.0 Å². The number of hydrogen-bond acceptors (Lipinski definition) is 4. The van der Waals surface area contributed by atoms with Crippen molar-refractivity contribution < 1.29 is 8.42 Å². The van der Waals surface area contributed by atoms with Gasteiger partial charge in [0.05, 0.1) is 6.20 Å². The summed E-state index contributed by atoms with van der Waals surface area (Å²) in [6.45, 7) is 6.34. The maximum atomic E-state index is 12.7.